The van der Waals surface area contributed by atoms with E-state index in [0.29, 0.717) is 6.61 Å². The van der Waals surface area contributed by atoms with Gasteiger partial charge in [0.05, 0.1) is 6.10 Å². The molecule has 0 radical (unpaired) electrons. The van der Waals surface area contributed by atoms with Gasteiger partial charge in [0.1, 0.15) is 5.78 Å². The number of aliphatic hydroxyl groups excluding tert-OH is 1. The Kier molecular flexibility index (Phi) is 8.78. The van der Waals surface area contributed by atoms with E-state index in [4.69, 9.17) is 4.43 Å². The van der Waals surface area contributed by atoms with Crippen molar-refractivity contribution in [1.29, 1.82) is 0 Å². The highest BCUT2D eigenvalue weighted by Crippen LogP contribution is 2.23. The molecule has 0 rings (SSSR count). The van der Waals surface area contributed by atoms with Crippen molar-refractivity contribution in [2.45, 2.75) is 72.2 Å². The van der Waals surface area contributed by atoms with Gasteiger partial charge in [0.2, 0.25) is 0 Å². The Morgan fingerprint density at radius 3 is 1.95 bits per heavy atom. The molecule has 0 aromatic heterocycles. The molecule has 0 aliphatic carbocycles. The average molecular weight is 289 g/mol. The second-order valence-electron chi connectivity index (χ2n) is 5.92. The van der Waals surface area contributed by atoms with E-state index in [1.165, 1.54) is 0 Å². The van der Waals surface area contributed by atoms with Gasteiger partial charge in [0, 0.05) is 24.9 Å². The maximum atomic E-state index is 11.6. The largest absolute Gasteiger partial charge is 0.416 e. The summed E-state index contributed by atoms with van der Waals surface area (Å²) in [6.07, 6.45) is -0.326. The van der Waals surface area contributed by atoms with Crippen molar-refractivity contribution < 1.29 is 14.3 Å². The second-order valence-corrected chi connectivity index (χ2v) is 10.7. The van der Waals surface area contributed by atoms with Crippen LogP contribution in [0.3, 0.4) is 0 Å². The molecule has 0 fully saturated rings. The van der Waals surface area contributed by atoms with E-state index in [1.54, 1.807) is 0 Å². The van der Waals surface area contributed by atoms with Gasteiger partial charge in [-0.2, -0.15) is 0 Å². The lowest BCUT2D eigenvalue weighted by molar-refractivity contribution is -0.124. The molecule has 0 aliphatic rings. The first-order valence-electron chi connectivity index (χ1n) is 7.66. The molecule has 0 aromatic rings. The summed E-state index contributed by atoms with van der Waals surface area (Å²) in [5.41, 5.74) is 0. The third-order valence-electron chi connectivity index (χ3n) is 4.30. The number of aliphatic hydroxyl groups is 1. The summed E-state index contributed by atoms with van der Waals surface area (Å²) >= 11 is 0. The van der Waals surface area contributed by atoms with Crippen LogP contribution in [0.25, 0.3) is 0 Å². The quantitative estimate of drug-likeness (QED) is 0.625. The van der Waals surface area contributed by atoms with Crippen LogP contribution in [0.4, 0.5) is 0 Å². The standard InChI is InChI=1S/C15H32O3Si/c1-7-19(8-2,9-3)18-11-13(6)15(17)10-14(16)12(4)5/h12-13,15,17H,7-11H2,1-6H3/t13-,15+/m1/s1. The Morgan fingerprint density at radius 2 is 1.58 bits per heavy atom. The van der Waals surface area contributed by atoms with Crippen molar-refractivity contribution >= 4 is 14.1 Å². The summed E-state index contributed by atoms with van der Waals surface area (Å²) in [6.45, 7) is 12.9. The SMILES string of the molecule is CC[Si](CC)(CC)OC[C@@H](C)[C@@H](O)CC(=O)C(C)C. The average Bonchev–Trinajstić information content (AvgIpc) is 2.40. The maximum Gasteiger partial charge on any atom is 0.191 e. The van der Waals surface area contributed by atoms with Crippen molar-refractivity contribution in [3.63, 3.8) is 0 Å². The highest BCUT2D eigenvalue weighted by atomic mass is 28.4. The molecule has 0 aliphatic heterocycles. The monoisotopic (exact) mass is 288 g/mol. The van der Waals surface area contributed by atoms with Crippen molar-refractivity contribution in [2.24, 2.45) is 11.8 Å². The van der Waals surface area contributed by atoms with E-state index in [-0.39, 0.29) is 24.0 Å². The number of Topliss-reactive ketones (excluding diaryl/α,β-unsaturated/α-hetero) is 1. The summed E-state index contributed by atoms with van der Waals surface area (Å²) in [7, 11) is -1.58. The minimum absolute atomic E-state index is 0.00170. The van der Waals surface area contributed by atoms with Crippen LogP contribution in [0.2, 0.25) is 18.1 Å². The van der Waals surface area contributed by atoms with Crippen molar-refractivity contribution in [3.05, 3.63) is 0 Å². The molecule has 0 amide bonds. The molecule has 0 saturated heterocycles. The zero-order chi connectivity index (χ0) is 15.1. The number of hydrogen-bond acceptors (Lipinski definition) is 3. The smallest absolute Gasteiger partial charge is 0.191 e. The molecule has 0 unspecified atom stereocenters. The fourth-order valence-electron chi connectivity index (χ4n) is 2.12. The van der Waals surface area contributed by atoms with Gasteiger partial charge in [0.25, 0.3) is 0 Å². The molecular weight excluding hydrogens is 256 g/mol. The van der Waals surface area contributed by atoms with Crippen LogP contribution in [-0.4, -0.2) is 31.9 Å². The Bertz CT molecular complexity index is 254. The Hall–Kier alpha value is -0.193. The number of hydrogen-bond donors (Lipinski definition) is 1. The van der Waals surface area contributed by atoms with Gasteiger partial charge in [-0.05, 0) is 18.1 Å². The molecule has 0 heterocycles. The topological polar surface area (TPSA) is 46.5 Å². The fourth-order valence-corrected chi connectivity index (χ4v) is 4.85. The molecule has 0 saturated carbocycles. The van der Waals surface area contributed by atoms with Crippen LogP contribution in [0, 0.1) is 11.8 Å². The Morgan fingerprint density at radius 1 is 1.11 bits per heavy atom. The number of rotatable bonds is 10. The van der Waals surface area contributed by atoms with E-state index >= 15 is 0 Å². The molecule has 2 atom stereocenters. The lowest BCUT2D eigenvalue weighted by atomic mass is 9.96. The van der Waals surface area contributed by atoms with Gasteiger partial charge in [-0.15, -0.1) is 0 Å². The third kappa shape index (κ3) is 6.19. The summed E-state index contributed by atoms with van der Waals surface area (Å²) < 4.78 is 6.17. The summed E-state index contributed by atoms with van der Waals surface area (Å²) in [5, 5.41) is 10.1. The third-order valence-corrected chi connectivity index (χ3v) is 8.94. The minimum Gasteiger partial charge on any atom is -0.416 e. The number of carbonyl (C=O) groups is 1. The zero-order valence-electron chi connectivity index (χ0n) is 13.5. The molecular formula is C15H32O3Si. The van der Waals surface area contributed by atoms with E-state index < -0.39 is 14.4 Å². The lowest BCUT2D eigenvalue weighted by Crippen LogP contribution is -2.39. The highest BCUT2D eigenvalue weighted by Gasteiger charge is 2.30. The van der Waals surface area contributed by atoms with Crippen LogP contribution in [-0.2, 0) is 9.22 Å². The Labute approximate surface area is 119 Å². The first kappa shape index (κ1) is 18.8. The molecule has 1 N–H and O–H groups in total. The van der Waals surface area contributed by atoms with Gasteiger partial charge in [-0.3, -0.25) is 4.79 Å². The molecule has 3 nitrogen and oxygen atoms in total. The van der Waals surface area contributed by atoms with E-state index in [1.807, 2.05) is 20.8 Å². The Balaban J connectivity index is 4.29. The maximum absolute atomic E-state index is 11.6. The van der Waals surface area contributed by atoms with Crippen LogP contribution in [0.15, 0.2) is 0 Å². The van der Waals surface area contributed by atoms with Crippen molar-refractivity contribution in [1.82, 2.24) is 0 Å². The zero-order valence-corrected chi connectivity index (χ0v) is 14.5. The molecule has 0 aromatic carbocycles. The molecule has 114 valence electrons. The lowest BCUT2D eigenvalue weighted by Gasteiger charge is -2.30. The first-order valence-corrected chi connectivity index (χ1v) is 10.2. The summed E-state index contributed by atoms with van der Waals surface area (Å²) in [4.78, 5) is 11.6. The molecule has 19 heavy (non-hydrogen) atoms. The van der Waals surface area contributed by atoms with Crippen LogP contribution in [0.5, 0.6) is 0 Å². The molecule has 4 heteroatoms. The molecule has 0 bridgehead atoms. The van der Waals surface area contributed by atoms with Crippen molar-refractivity contribution in [3.8, 4) is 0 Å². The van der Waals surface area contributed by atoms with Crippen molar-refractivity contribution in [2.75, 3.05) is 6.61 Å². The highest BCUT2D eigenvalue weighted by molar-refractivity contribution is 6.73. The number of ketones is 1. The van der Waals surface area contributed by atoms with Gasteiger partial charge < -0.3 is 9.53 Å². The predicted molar refractivity (Wildman–Crippen MR) is 82.8 cm³/mol. The van der Waals surface area contributed by atoms with E-state index in [9.17, 15) is 9.90 Å². The number of carbonyl (C=O) groups excluding carboxylic acids is 1. The second kappa shape index (κ2) is 8.87. The fraction of sp³-hybridized carbons (Fsp3) is 0.933. The minimum atomic E-state index is -1.58. The molecule has 0 spiro atoms. The summed E-state index contributed by atoms with van der Waals surface area (Å²) in [6, 6.07) is 3.36. The first-order chi connectivity index (χ1) is 8.81. The van der Waals surface area contributed by atoms with Crippen LogP contribution >= 0.6 is 0 Å². The van der Waals surface area contributed by atoms with Gasteiger partial charge in [-0.25, -0.2) is 0 Å². The van der Waals surface area contributed by atoms with Gasteiger partial charge >= 0.3 is 0 Å². The van der Waals surface area contributed by atoms with Gasteiger partial charge in [-0.1, -0.05) is 41.5 Å². The normalized spacial score (nSPS) is 15.6. The van der Waals surface area contributed by atoms with Gasteiger partial charge in [0.15, 0.2) is 8.32 Å². The van der Waals surface area contributed by atoms with Crippen LogP contribution in [0.1, 0.15) is 48.0 Å². The summed E-state index contributed by atoms with van der Waals surface area (Å²) in [5.74, 6) is 0.154. The van der Waals surface area contributed by atoms with E-state index in [0.717, 1.165) is 18.1 Å². The predicted octanol–water partition coefficient (Wildman–Crippen LogP) is 3.62. The van der Waals surface area contributed by atoms with E-state index in [2.05, 4.69) is 20.8 Å². The van der Waals surface area contributed by atoms with Crippen LogP contribution < -0.4 is 0 Å².